The van der Waals surface area contributed by atoms with Crippen LogP contribution in [0.15, 0.2) is 28.8 Å². The van der Waals surface area contributed by atoms with Gasteiger partial charge in [0.2, 0.25) is 0 Å². The Morgan fingerprint density at radius 2 is 2.27 bits per heavy atom. The molecule has 0 bridgehead atoms. The predicted molar refractivity (Wildman–Crippen MR) is 67.2 cm³/mol. The molecule has 0 amide bonds. The van der Waals surface area contributed by atoms with Gasteiger partial charge in [0, 0.05) is 16.6 Å². The Morgan fingerprint density at radius 3 is 2.80 bits per heavy atom. The lowest BCUT2D eigenvalue weighted by molar-refractivity contribution is 0.457. The van der Waals surface area contributed by atoms with Gasteiger partial charge in [0.25, 0.3) is 0 Å². The van der Waals surface area contributed by atoms with E-state index in [1.54, 1.807) is 12.1 Å². The highest BCUT2D eigenvalue weighted by molar-refractivity contribution is 9.10. The molecule has 0 saturated heterocycles. The second kappa shape index (κ2) is 5.01. The molecule has 0 heterocycles. The lowest BCUT2D eigenvalue weighted by Crippen LogP contribution is -2.10. The van der Waals surface area contributed by atoms with E-state index in [0.29, 0.717) is 21.5 Å². The van der Waals surface area contributed by atoms with Crippen LogP contribution in [0.4, 0.5) is 0 Å². The Kier molecular flexibility index (Phi) is 4.20. The molecule has 1 aromatic carbocycles. The van der Waals surface area contributed by atoms with Crippen molar-refractivity contribution >= 4 is 27.5 Å². The van der Waals surface area contributed by atoms with E-state index < -0.39 is 0 Å². The first kappa shape index (κ1) is 12.6. The Labute approximate surface area is 103 Å². The number of benzene rings is 1. The minimum absolute atomic E-state index is 0.146. The third-order valence-corrected chi connectivity index (χ3v) is 2.85. The Balaban J connectivity index is 3.07. The molecule has 0 aliphatic rings. The van der Waals surface area contributed by atoms with Gasteiger partial charge >= 0.3 is 0 Å². The molecule has 0 aromatic heterocycles. The van der Waals surface area contributed by atoms with Gasteiger partial charge in [-0.3, -0.25) is 0 Å². The molecule has 1 rings (SSSR count). The van der Waals surface area contributed by atoms with Crippen LogP contribution < -0.4 is 5.73 Å². The van der Waals surface area contributed by atoms with E-state index in [-0.39, 0.29) is 11.8 Å². The fraction of sp³-hybridized carbons (Fsp3) is 0.273. The van der Waals surface area contributed by atoms with Crippen molar-refractivity contribution in [2.75, 3.05) is 0 Å². The topological polar surface area (TPSA) is 46.2 Å². The highest BCUT2D eigenvalue weighted by atomic mass is 79.9. The molecule has 0 aliphatic heterocycles. The fourth-order valence-corrected chi connectivity index (χ4v) is 2.19. The summed E-state index contributed by atoms with van der Waals surface area (Å²) in [7, 11) is 0. The first-order chi connectivity index (χ1) is 6.91. The molecule has 0 spiro atoms. The quantitative estimate of drug-likeness (QED) is 0.832. The molecule has 2 nitrogen and oxygen atoms in total. The van der Waals surface area contributed by atoms with Crippen molar-refractivity contribution < 1.29 is 5.11 Å². The fourth-order valence-electron chi connectivity index (χ4n) is 1.35. The predicted octanol–water partition coefficient (Wildman–Crippen LogP) is 3.77. The second-order valence-corrected chi connectivity index (χ2v) is 4.88. The lowest BCUT2D eigenvalue weighted by atomic mass is 10.0. The highest BCUT2D eigenvalue weighted by Gasteiger charge is 2.14. The number of phenolic OH excluding ortho intramolecular Hbond substituents is 1. The molecule has 0 aliphatic carbocycles. The zero-order valence-corrected chi connectivity index (χ0v) is 10.8. The maximum absolute atomic E-state index is 9.79. The molecule has 0 radical (unpaired) electrons. The summed E-state index contributed by atoms with van der Waals surface area (Å²) >= 11 is 9.10. The summed E-state index contributed by atoms with van der Waals surface area (Å²) in [6.45, 7) is 5.69. The van der Waals surface area contributed by atoms with E-state index in [4.69, 9.17) is 17.3 Å². The summed E-state index contributed by atoms with van der Waals surface area (Å²) in [5.74, 6) is 0.146. The maximum atomic E-state index is 9.79. The van der Waals surface area contributed by atoms with Crippen molar-refractivity contribution in [2.45, 2.75) is 19.4 Å². The molecule has 4 heteroatoms. The minimum Gasteiger partial charge on any atom is -0.506 e. The van der Waals surface area contributed by atoms with Gasteiger partial charge in [0.05, 0.1) is 4.47 Å². The number of phenols is 1. The normalized spacial score (nSPS) is 12.5. The van der Waals surface area contributed by atoms with Crippen LogP contribution in [-0.4, -0.2) is 5.11 Å². The average Bonchev–Trinajstić information content (AvgIpc) is 2.09. The third-order valence-electron chi connectivity index (χ3n) is 2.03. The van der Waals surface area contributed by atoms with Crippen LogP contribution in [0.2, 0.25) is 5.02 Å². The average molecular weight is 291 g/mol. The van der Waals surface area contributed by atoms with Crippen LogP contribution in [0.25, 0.3) is 0 Å². The molecular formula is C11H13BrClNO. The summed E-state index contributed by atoms with van der Waals surface area (Å²) in [6.07, 6.45) is 0.625. The zero-order chi connectivity index (χ0) is 11.6. The Morgan fingerprint density at radius 1 is 1.67 bits per heavy atom. The van der Waals surface area contributed by atoms with Crippen LogP contribution in [0.5, 0.6) is 5.75 Å². The first-order valence-electron chi connectivity index (χ1n) is 4.49. The first-order valence-corrected chi connectivity index (χ1v) is 5.66. The summed E-state index contributed by atoms with van der Waals surface area (Å²) < 4.78 is 0.558. The summed E-state index contributed by atoms with van der Waals surface area (Å²) in [5, 5.41) is 10.3. The molecule has 1 aromatic rings. The van der Waals surface area contributed by atoms with Gasteiger partial charge in [0.1, 0.15) is 5.75 Å². The van der Waals surface area contributed by atoms with Crippen molar-refractivity contribution in [3.05, 3.63) is 39.3 Å². The van der Waals surface area contributed by atoms with Crippen LogP contribution in [0.3, 0.4) is 0 Å². The smallest absolute Gasteiger partial charge is 0.134 e. The molecule has 3 N–H and O–H groups in total. The maximum Gasteiger partial charge on any atom is 0.134 e. The van der Waals surface area contributed by atoms with Crippen molar-refractivity contribution in [1.29, 1.82) is 0 Å². The number of rotatable bonds is 3. The van der Waals surface area contributed by atoms with Gasteiger partial charge < -0.3 is 10.8 Å². The van der Waals surface area contributed by atoms with Gasteiger partial charge in [-0.25, -0.2) is 0 Å². The van der Waals surface area contributed by atoms with Crippen molar-refractivity contribution in [1.82, 2.24) is 0 Å². The van der Waals surface area contributed by atoms with Gasteiger partial charge in [-0.2, -0.15) is 0 Å². The molecule has 15 heavy (non-hydrogen) atoms. The van der Waals surface area contributed by atoms with Crippen LogP contribution in [0.1, 0.15) is 24.9 Å². The zero-order valence-electron chi connectivity index (χ0n) is 8.43. The van der Waals surface area contributed by atoms with E-state index >= 15 is 0 Å². The van der Waals surface area contributed by atoms with E-state index in [1.165, 1.54) is 0 Å². The molecule has 0 fully saturated rings. The van der Waals surface area contributed by atoms with Gasteiger partial charge in [-0.05, 0) is 41.4 Å². The van der Waals surface area contributed by atoms with Crippen molar-refractivity contribution in [3.63, 3.8) is 0 Å². The van der Waals surface area contributed by atoms with E-state index in [0.717, 1.165) is 5.57 Å². The molecule has 82 valence electrons. The third kappa shape index (κ3) is 3.23. The SMILES string of the molecule is C=C(C)C[C@@H](N)c1cc(Cl)cc(Br)c1O. The highest BCUT2D eigenvalue weighted by Crippen LogP contribution is 2.35. The van der Waals surface area contributed by atoms with Gasteiger partial charge in [-0.1, -0.05) is 17.2 Å². The van der Waals surface area contributed by atoms with Crippen LogP contribution >= 0.6 is 27.5 Å². The van der Waals surface area contributed by atoms with Crippen LogP contribution in [0, 0.1) is 0 Å². The van der Waals surface area contributed by atoms with E-state index in [9.17, 15) is 5.11 Å². The standard InChI is InChI=1S/C11H13BrClNO/c1-6(2)3-10(14)8-4-7(13)5-9(12)11(8)15/h4-5,10,15H,1,3,14H2,2H3/t10-/m1/s1. The van der Waals surface area contributed by atoms with Crippen molar-refractivity contribution in [3.8, 4) is 5.75 Å². The second-order valence-electron chi connectivity index (χ2n) is 3.59. The van der Waals surface area contributed by atoms with Crippen LogP contribution in [-0.2, 0) is 0 Å². The molecular weight excluding hydrogens is 277 g/mol. The number of nitrogens with two attached hydrogens (primary N) is 1. The minimum atomic E-state index is -0.280. The summed E-state index contributed by atoms with van der Waals surface area (Å²) in [6, 6.07) is 3.03. The molecule has 0 saturated carbocycles. The number of aromatic hydroxyl groups is 1. The monoisotopic (exact) mass is 289 g/mol. The summed E-state index contributed by atoms with van der Waals surface area (Å²) in [5.41, 5.74) is 7.54. The van der Waals surface area contributed by atoms with E-state index in [1.807, 2.05) is 6.92 Å². The lowest BCUT2D eigenvalue weighted by Gasteiger charge is -2.15. The largest absolute Gasteiger partial charge is 0.506 e. The molecule has 1 atom stereocenters. The van der Waals surface area contributed by atoms with Crippen molar-refractivity contribution in [2.24, 2.45) is 5.73 Å². The Bertz CT molecular complexity index is 392. The van der Waals surface area contributed by atoms with Gasteiger partial charge in [-0.15, -0.1) is 6.58 Å². The van der Waals surface area contributed by atoms with Gasteiger partial charge in [0.15, 0.2) is 0 Å². The molecule has 0 unspecified atom stereocenters. The summed E-state index contributed by atoms with van der Waals surface area (Å²) in [4.78, 5) is 0. The number of halogens is 2. The van der Waals surface area contributed by atoms with E-state index in [2.05, 4.69) is 22.5 Å². The number of hydrogen-bond donors (Lipinski definition) is 2. The Hall–Kier alpha value is -0.510. The number of hydrogen-bond acceptors (Lipinski definition) is 2.